The van der Waals surface area contributed by atoms with Crippen molar-refractivity contribution in [1.29, 1.82) is 0 Å². The number of likely N-dealkylation sites (tertiary alicyclic amines) is 1. The third-order valence-corrected chi connectivity index (χ3v) is 5.32. The van der Waals surface area contributed by atoms with Gasteiger partial charge in [-0.2, -0.15) is 5.10 Å². The number of anilines is 1. The number of hydrogen-bond donors (Lipinski definition) is 2. The van der Waals surface area contributed by atoms with Gasteiger partial charge in [0.1, 0.15) is 0 Å². The Hall–Kier alpha value is -3.16. The Balaban J connectivity index is 1.64. The summed E-state index contributed by atoms with van der Waals surface area (Å²) in [6.45, 7) is 6.01. The number of nitrogens with one attached hydrogen (secondary N) is 1. The van der Waals surface area contributed by atoms with Crippen molar-refractivity contribution in [3.8, 4) is 0 Å². The van der Waals surface area contributed by atoms with Crippen LogP contribution in [0.15, 0.2) is 36.7 Å². The molecule has 2 heterocycles. The van der Waals surface area contributed by atoms with E-state index < -0.39 is 11.5 Å². The van der Waals surface area contributed by atoms with Gasteiger partial charge in [-0.3, -0.25) is 14.3 Å². The van der Waals surface area contributed by atoms with Crippen molar-refractivity contribution in [2.24, 2.45) is 5.92 Å². The van der Waals surface area contributed by atoms with E-state index >= 15 is 0 Å². The second kappa shape index (κ2) is 8.06. The van der Waals surface area contributed by atoms with Crippen molar-refractivity contribution >= 4 is 23.5 Å². The van der Waals surface area contributed by atoms with Gasteiger partial charge in [0.2, 0.25) is 5.91 Å². The van der Waals surface area contributed by atoms with Gasteiger partial charge in [-0.15, -0.1) is 0 Å². The second-order valence-electron chi connectivity index (χ2n) is 7.98. The van der Waals surface area contributed by atoms with Gasteiger partial charge >= 0.3 is 5.97 Å². The minimum absolute atomic E-state index is 0.0708. The van der Waals surface area contributed by atoms with Gasteiger partial charge in [-0.25, -0.2) is 4.79 Å². The highest BCUT2D eigenvalue weighted by Gasteiger charge is 2.32. The summed E-state index contributed by atoms with van der Waals surface area (Å²) in [7, 11) is 0. The summed E-state index contributed by atoms with van der Waals surface area (Å²) in [5.74, 6) is -1.61. The fourth-order valence-corrected chi connectivity index (χ4v) is 3.29. The number of carboxylic acids is 1. The third-order valence-electron chi connectivity index (χ3n) is 5.32. The highest BCUT2D eigenvalue weighted by atomic mass is 16.4. The minimum Gasteiger partial charge on any atom is -0.479 e. The van der Waals surface area contributed by atoms with E-state index in [0.717, 1.165) is 12.0 Å². The summed E-state index contributed by atoms with van der Waals surface area (Å²) >= 11 is 0. The molecule has 1 aliphatic heterocycles. The number of amides is 2. The molecule has 8 heteroatoms. The molecule has 2 aromatic rings. The lowest BCUT2D eigenvalue weighted by molar-refractivity contribution is -0.146. The van der Waals surface area contributed by atoms with Crippen LogP contribution < -0.4 is 5.32 Å². The molecule has 0 aliphatic carbocycles. The molecule has 1 aliphatic rings. The number of rotatable bonds is 5. The molecule has 1 aromatic heterocycles. The van der Waals surface area contributed by atoms with E-state index in [-0.39, 0.29) is 17.7 Å². The molecule has 0 saturated carbocycles. The van der Waals surface area contributed by atoms with E-state index in [9.17, 15) is 19.5 Å². The highest BCUT2D eigenvalue weighted by Crippen LogP contribution is 2.22. The number of aliphatic carboxylic acids is 1. The van der Waals surface area contributed by atoms with Gasteiger partial charge in [-0.1, -0.05) is 17.7 Å². The first-order valence-electron chi connectivity index (χ1n) is 9.64. The number of hydrogen-bond acceptors (Lipinski definition) is 4. The van der Waals surface area contributed by atoms with E-state index in [2.05, 4.69) is 10.4 Å². The Labute approximate surface area is 169 Å². The highest BCUT2D eigenvalue weighted by molar-refractivity contribution is 5.96. The monoisotopic (exact) mass is 398 g/mol. The molecule has 0 spiro atoms. The van der Waals surface area contributed by atoms with E-state index in [1.807, 2.05) is 19.1 Å². The van der Waals surface area contributed by atoms with E-state index in [1.165, 1.54) is 30.9 Å². The van der Waals surface area contributed by atoms with Crippen molar-refractivity contribution in [2.75, 3.05) is 18.4 Å². The molecule has 0 bridgehead atoms. The number of aryl methyl sites for hydroxylation is 1. The summed E-state index contributed by atoms with van der Waals surface area (Å²) in [6, 6.07) is 7.41. The number of aromatic nitrogens is 2. The largest absolute Gasteiger partial charge is 0.479 e. The lowest BCUT2D eigenvalue weighted by Crippen LogP contribution is -2.43. The number of carboxylic acid groups (broad SMARTS) is 1. The van der Waals surface area contributed by atoms with Gasteiger partial charge in [0.15, 0.2) is 5.54 Å². The van der Waals surface area contributed by atoms with Gasteiger partial charge in [0.25, 0.3) is 5.91 Å². The quantitative estimate of drug-likeness (QED) is 0.805. The average molecular weight is 398 g/mol. The summed E-state index contributed by atoms with van der Waals surface area (Å²) in [4.78, 5) is 38.5. The van der Waals surface area contributed by atoms with Crippen LogP contribution in [-0.2, 0) is 15.1 Å². The third kappa shape index (κ3) is 4.47. The lowest BCUT2D eigenvalue weighted by atomic mass is 9.96. The molecule has 1 saturated heterocycles. The molecule has 8 nitrogen and oxygen atoms in total. The van der Waals surface area contributed by atoms with E-state index in [4.69, 9.17) is 0 Å². The number of carbonyl (C=O) groups is 3. The maximum atomic E-state index is 12.7. The van der Waals surface area contributed by atoms with Crippen molar-refractivity contribution in [1.82, 2.24) is 14.7 Å². The van der Waals surface area contributed by atoms with E-state index in [1.54, 1.807) is 17.0 Å². The van der Waals surface area contributed by atoms with Crippen molar-refractivity contribution in [3.05, 3.63) is 47.8 Å². The van der Waals surface area contributed by atoms with Crippen LogP contribution in [0.5, 0.6) is 0 Å². The normalized spacial score (nSPS) is 17.1. The molecule has 1 unspecified atom stereocenters. The Bertz CT molecular complexity index is 917. The maximum Gasteiger partial charge on any atom is 0.331 e. The number of benzene rings is 1. The number of carbonyl (C=O) groups excluding carboxylic acids is 2. The van der Waals surface area contributed by atoms with Crippen LogP contribution in [-0.4, -0.2) is 50.7 Å². The van der Waals surface area contributed by atoms with Gasteiger partial charge < -0.3 is 15.3 Å². The molecule has 1 atom stereocenters. The Morgan fingerprint density at radius 1 is 1.21 bits per heavy atom. The molecular weight excluding hydrogens is 372 g/mol. The molecule has 1 fully saturated rings. The standard InChI is InChI=1S/C21H26N4O4/c1-14-6-8-15(9-7-14)19(27)24-10-4-5-16(12-24)18(26)23-17-11-22-25(13-17)21(2,3)20(28)29/h6-9,11,13,16H,4-5,10,12H2,1-3H3,(H,23,26)(H,28,29). The van der Waals surface area contributed by atoms with Gasteiger partial charge in [-0.05, 0) is 45.7 Å². The van der Waals surface area contributed by atoms with Crippen LogP contribution in [0.4, 0.5) is 5.69 Å². The van der Waals surface area contributed by atoms with Crippen LogP contribution >= 0.6 is 0 Å². The molecule has 2 N–H and O–H groups in total. The molecule has 154 valence electrons. The van der Waals surface area contributed by atoms with Crippen LogP contribution in [0, 0.1) is 12.8 Å². The van der Waals surface area contributed by atoms with E-state index in [0.29, 0.717) is 30.8 Å². The Morgan fingerprint density at radius 2 is 1.90 bits per heavy atom. The predicted molar refractivity (Wildman–Crippen MR) is 108 cm³/mol. The molecule has 0 radical (unpaired) electrons. The van der Waals surface area contributed by atoms with Crippen molar-refractivity contribution < 1.29 is 19.5 Å². The topological polar surface area (TPSA) is 105 Å². The molecule has 2 amide bonds. The maximum absolute atomic E-state index is 12.7. The number of nitrogens with zero attached hydrogens (tertiary/aromatic N) is 3. The molecule has 29 heavy (non-hydrogen) atoms. The first kappa shape index (κ1) is 20.6. The zero-order chi connectivity index (χ0) is 21.2. The predicted octanol–water partition coefficient (Wildman–Crippen LogP) is 2.50. The van der Waals surface area contributed by atoms with Crippen LogP contribution in [0.25, 0.3) is 0 Å². The zero-order valence-electron chi connectivity index (χ0n) is 16.9. The Morgan fingerprint density at radius 3 is 2.55 bits per heavy atom. The molecule has 3 rings (SSSR count). The first-order valence-corrected chi connectivity index (χ1v) is 9.64. The molecular formula is C21H26N4O4. The second-order valence-corrected chi connectivity index (χ2v) is 7.98. The summed E-state index contributed by atoms with van der Waals surface area (Å²) in [5.41, 5.74) is 0.926. The fourth-order valence-electron chi connectivity index (χ4n) is 3.29. The van der Waals surface area contributed by atoms with Crippen LogP contribution in [0.3, 0.4) is 0 Å². The summed E-state index contributed by atoms with van der Waals surface area (Å²) < 4.78 is 1.30. The van der Waals surface area contributed by atoms with Gasteiger partial charge in [0, 0.05) is 24.8 Å². The van der Waals surface area contributed by atoms with Crippen LogP contribution in [0.2, 0.25) is 0 Å². The fraction of sp³-hybridized carbons (Fsp3) is 0.429. The summed E-state index contributed by atoms with van der Waals surface area (Å²) in [6.07, 6.45) is 4.38. The number of piperidine rings is 1. The van der Waals surface area contributed by atoms with Crippen LogP contribution in [0.1, 0.15) is 42.6 Å². The first-order chi connectivity index (χ1) is 13.7. The van der Waals surface area contributed by atoms with Gasteiger partial charge in [0.05, 0.1) is 17.8 Å². The lowest BCUT2D eigenvalue weighted by Gasteiger charge is -2.32. The zero-order valence-corrected chi connectivity index (χ0v) is 16.9. The van der Waals surface area contributed by atoms with Crippen molar-refractivity contribution in [3.63, 3.8) is 0 Å². The minimum atomic E-state index is -1.22. The molecule has 1 aromatic carbocycles. The smallest absolute Gasteiger partial charge is 0.331 e. The summed E-state index contributed by atoms with van der Waals surface area (Å²) in [5, 5.41) is 16.1. The van der Waals surface area contributed by atoms with Crippen molar-refractivity contribution in [2.45, 2.75) is 39.2 Å². The average Bonchev–Trinajstić information content (AvgIpc) is 3.17. The Kier molecular flexibility index (Phi) is 5.72. The SMILES string of the molecule is Cc1ccc(C(=O)N2CCCC(C(=O)Nc3cnn(C(C)(C)C(=O)O)c3)C2)cc1.